The number of H-pyrrole nitrogens is 3. The first-order valence-electron chi connectivity index (χ1n) is 16.6. The maximum absolute atomic E-state index is 13.1. The minimum atomic E-state index is -3.47. The summed E-state index contributed by atoms with van der Waals surface area (Å²) in [6.07, 6.45) is 19.7. The average molecular weight is 629 g/mol. The van der Waals surface area contributed by atoms with Crippen LogP contribution in [0.5, 0.6) is 0 Å². The van der Waals surface area contributed by atoms with Gasteiger partial charge in [-0.05, 0) is 19.8 Å². The summed E-state index contributed by atoms with van der Waals surface area (Å²) in [6, 6.07) is 0. The third-order valence-electron chi connectivity index (χ3n) is 7.47. The monoisotopic (exact) mass is 628 g/mol. The Balaban J connectivity index is 1.48. The van der Waals surface area contributed by atoms with Crippen molar-refractivity contribution in [1.29, 1.82) is 0 Å². The molecule has 2 heterocycles. The van der Waals surface area contributed by atoms with E-state index in [1.807, 2.05) is 0 Å². The molecule has 2 atom stereocenters. The van der Waals surface area contributed by atoms with Gasteiger partial charge in [-0.2, -0.15) is 0 Å². The Morgan fingerprint density at radius 2 is 1.40 bits per heavy atom. The van der Waals surface area contributed by atoms with Gasteiger partial charge in [0, 0.05) is 38.1 Å². The Labute approximate surface area is 256 Å². The molecular formula is C31H57N4O7P. The molecule has 0 aliphatic rings. The molecule has 43 heavy (non-hydrogen) atoms. The number of unbranched alkanes of at least 4 members (excludes halogenated alkanes) is 13. The summed E-state index contributed by atoms with van der Waals surface area (Å²) in [5, 5.41) is 13.5. The summed E-state index contributed by atoms with van der Waals surface area (Å²) in [4.78, 5) is 31.0. The van der Waals surface area contributed by atoms with Crippen molar-refractivity contribution in [2.45, 2.75) is 123 Å². The fraction of sp³-hybridized carbons (Fsp3) is 0.806. The zero-order chi connectivity index (χ0) is 31.2. The van der Waals surface area contributed by atoms with Crippen molar-refractivity contribution in [1.82, 2.24) is 20.3 Å². The predicted octanol–water partition coefficient (Wildman–Crippen LogP) is 6.13. The zero-order valence-corrected chi connectivity index (χ0v) is 27.4. The molecule has 5 N–H and O–H groups in total. The number of nitrogens with one attached hydrogen (secondary N) is 4. The number of hydrogen-bond acceptors (Lipinski definition) is 8. The van der Waals surface area contributed by atoms with Gasteiger partial charge in [0.1, 0.15) is 5.52 Å². The van der Waals surface area contributed by atoms with Crippen molar-refractivity contribution in [3.63, 3.8) is 0 Å². The largest absolute Gasteiger partial charge is 0.391 e. The summed E-state index contributed by atoms with van der Waals surface area (Å²) < 4.78 is 29.8. The first-order chi connectivity index (χ1) is 20.9. The lowest BCUT2D eigenvalue weighted by molar-refractivity contribution is 0.109. The molecule has 2 aromatic rings. The lowest BCUT2D eigenvalue weighted by Gasteiger charge is -2.21. The highest BCUT2D eigenvalue weighted by molar-refractivity contribution is 7.53. The van der Waals surface area contributed by atoms with Gasteiger partial charge in [0.15, 0.2) is 0 Å². The summed E-state index contributed by atoms with van der Waals surface area (Å²) in [5.41, 5.74) is 0.262. The molecule has 0 aromatic carbocycles. The van der Waals surface area contributed by atoms with Gasteiger partial charge in [0.2, 0.25) is 0 Å². The minimum absolute atomic E-state index is 0.128. The summed E-state index contributed by atoms with van der Waals surface area (Å²) in [5.74, 6) is 0. The fourth-order valence-electron chi connectivity index (χ4n) is 5.14. The quantitative estimate of drug-likeness (QED) is 0.0556. The van der Waals surface area contributed by atoms with Crippen molar-refractivity contribution >= 4 is 18.6 Å². The van der Waals surface area contributed by atoms with Crippen molar-refractivity contribution in [2.75, 3.05) is 39.1 Å². The van der Waals surface area contributed by atoms with Crippen LogP contribution >= 0.6 is 7.60 Å². The van der Waals surface area contributed by atoms with E-state index in [1.54, 1.807) is 13.1 Å². The van der Waals surface area contributed by atoms with Crippen LogP contribution in [-0.2, 0) is 24.9 Å². The molecule has 0 aliphatic heterocycles. The topological polar surface area (TPSA) is 159 Å². The van der Waals surface area contributed by atoms with Crippen molar-refractivity contribution < 1.29 is 23.5 Å². The number of aliphatic hydroxyl groups excluding tert-OH is 1. The normalized spacial score (nSPS) is 13.9. The summed E-state index contributed by atoms with van der Waals surface area (Å²) in [7, 11) is -3.47. The van der Waals surface area contributed by atoms with E-state index in [4.69, 9.17) is 13.8 Å². The van der Waals surface area contributed by atoms with Gasteiger partial charge < -0.3 is 34.2 Å². The molecular weight excluding hydrogens is 571 g/mol. The first-order valence-corrected chi connectivity index (χ1v) is 18.3. The summed E-state index contributed by atoms with van der Waals surface area (Å²) in [6.45, 7) is 6.11. The molecule has 0 fully saturated rings. The molecule has 0 radical (unpaired) electrons. The number of aliphatic hydroxyl groups is 1. The van der Waals surface area contributed by atoms with E-state index in [1.165, 1.54) is 83.5 Å². The summed E-state index contributed by atoms with van der Waals surface area (Å²) >= 11 is 0. The Morgan fingerprint density at radius 1 is 0.791 bits per heavy atom. The van der Waals surface area contributed by atoms with Crippen LogP contribution in [0.2, 0.25) is 0 Å². The van der Waals surface area contributed by atoms with Gasteiger partial charge in [-0.3, -0.25) is 14.3 Å². The van der Waals surface area contributed by atoms with Gasteiger partial charge >= 0.3 is 13.3 Å². The van der Waals surface area contributed by atoms with Crippen LogP contribution in [0.1, 0.15) is 116 Å². The van der Waals surface area contributed by atoms with Crippen molar-refractivity contribution in [3.8, 4) is 0 Å². The molecule has 0 aliphatic carbocycles. The second-order valence-corrected chi connectivity index (χ2v) is 13.5. The minimum Gasteiger partial charge on any atom is -0.391 e. The Morgan fingerprint density at radius 3 is 2.02 bits per heavy atom. The van der Waals surface area contributed by atoms with E-state index in [2.05, 4.69) is 27.2 Å². The lowest BCUT2D eigenvalue weighted by atomic mass is 10.0. The third kappa shape index (κ3) is 16.2. The maximum Gasteiger partial charge on any atom is 0.333 e. The van der Waals surface area contributed by atoms with Gasteiger partial charge in [0.05, 0.1) is 31.0 Å². The van der Waals surface area contributed by atoms with Crippen LogP contribution in [-0.4, -0.2) is 65.3 Å². The van der Waals surface area contributed by atoms with Crippen molar-refractivity contribution in [3.05, 3.63) is 32.6 Å². The molecule has 11 nitrogen and oxygen atoms in total. The molecule has 0 amide bonds. The van der Waals surface area contributed by atoms with Crippen LogP contribution in [0.4, 0.5) is 0 Å². The average Bonchev–Trinajstić information content (AvgIpc) is 3.37. The Kier molecular flexibility index (Phi) is 19.8. The molecule has 0 spiro atoms. The van der Waals surface area contributed by atoms with Gasteiger partial charge in [-0.1, -0.05) is 90.4 Å². The van der Waals surface area contributed by atoms with E-state index in [-0.39, 0.29) is 38.0 Å². The van der Waals surface area contributed by atoms with Gasteiger partial charge in [0.25, 0.3) is 5.56 Å². The number of hydrogen-bond donors (Lipinski definition) is 5. The van der Waals surface area contributed by atoms with Crippen LogP contribution in [0.3, 0.4) is 0 Å². The molecule has 1 unspecified atom stereocenters. The van der Waals surface area contributed by atoms with E-state index in [9.17, 15) is 19.3 Å². The van der Waals surface area contributed by atoms with E-state index in [0.717, 1.165) is 13.0 Å². The van der Waals surface area contributed by atoms with E-state index >= 15 is 0 Å². The zero-order valence-electron chi connectivity index (χ0n) is 26.6. The number of rotatable bonds is 28. The second-order valence-electron chi connectivity index (χ2n) is 11.4. The molecule has 0 bridgehead atoms. The standard InChI is InChI=1S/C31H57N4O7P/c1-3-5-6-7-8-9-10-11-12-13-14-15-16-17-19-40-20-18-21-42-43(39,41-4-2)25-27(36)24-32-22-26-23-33-29-28(26)34-31(38)35-30(29)37/h23,27,32-33,36H,3-22,24-25H2,1-2H3,(H2,34,35,37,38)/t27-,43?/m1/s1. The third-order valence-corrected chi connectivity index (χ3v) is 9.57. The van der Waals surface area contributed by atoms with E-state index in [0.29, 0.717) is 24.1 Å². The van der Waals surface area contributed by atoms with Crippen LogP contribution in [0, 0.1) is 0 Å². The highest BCUT2D eigenvalue weighted by Gasteiger charge is 2.28. The highest BCUT2D eigenvalue weighted by atomic mass is 31.2. The second kappa shape index (κ2) is 22.7. The van der Waals surface area contributed by atoms with Gasteiger partial charge in [-0.25, -0.2) is 4.79 Å². The molecule has 12 heteroatoms. The number of ether oxygens (including phenoxy) is 1. The molecule has 0 saturated carbocycles. The number of fused-ring (bicyclic) bond motifs is 1. The lowest BCUT2D eigenvalue weighted by Crippen LogP contribution is -2.30. The number of aromatic nitrogens is 3. The van der Waals surface area contributed by atoms with E-state index < -0.39 is 24.9 Å². The molecule has 0 saturated heterocycles. The Bertz CT molecular complexity index is 1150. The van der Waals surface area contributed by atoms with Crippen LogP contribution < -0.4 is 16.6 Å². The first kappa shape index (κ1) is 37.4. The smallest absolute Gasteiger partial charge is 0.333 e. The maximum atomic E-state index is 13.1. The Hall–Kier alpha value is -1.75. The highest BCUT2D eigenvalue weighted by Crippen LogP contribution is 2.48. The predicted molar refractivity (Wildman–Crippen MR) is 173 cm³/mol. The van der Waals surface area contributed by atoms with Crippen LogP contribution in [0.15, 0.2) is 15.8 Å². The molecule has 248 valence electrons. The molecule has 2 rings (SSSR count). The number of aromatic amines is 3. The van der Waals surface area contributed by atoms with Crippen molar-refractivity contribution in [2.24, 2.45) is 0 Å². The molecule has 2 aromatic heterocycles. The van der Waals surface area contributed by atoms with Crippen LogP contribution in [0.25, 0.3) is 11.0 Å². The van der Waals surface area contributed by atoms with Gasteiger partial charge in [-0.15, -0.1) is 0 Å². The SMILES string of the molecule is CCCCCCCCCCCCCCCCOCCCOP(=O)(C[C@H](O)CNCc1c[nH]c2c(=O)[nH]c(=O)[nH]c12)OCC. The fourth-order valence-corrected chi connectivity index (χ4v) is 6.87.